The van der Waals surface area contributed by atoms with E-state index >= 15 is 0 Å². The molecule has 3 N–H and O–H groups in total. The topological polar surface area (TPSA) is 59.6 Å². The fraction of sp³-hybridized carbons (Fsp3) is 0.278. The Bertz CT molecular complexity index is 703. The van der Waals surface area contributed by atoms with Gasteiger partial charge >= 0.3 is 0 Å². The van der Waals surface area contributed by atoms with Gasteiger partial charge in [-0.2, -0.15) is 0 Å². The molecule has 0 radical (unpaired) electrons. The molecule has 4 nitrogen and oxygen atoms in total. The molecule has 6 heteroatoms. The van der Waals surface area contributed by atoms with Gasteiger partial charge in [-0.25, -0.2) is 9.38 Å². The SMILES string of the molecule is COc1ccc(C2CC(N=C(N)Nc3ccccc3)C2)cc1F.I. The molecule has 3 rings (SSSR count). The highest BCUT2D eigenvalue weighted by Gasteiger charge is 2.30. The number of para-hydroxylation sites is 1. The van der Waals surface area contributed by atoms with Gasteiger partial charge in [-0.15, -0.1) is 24.0 Å². The summed E-state index contributed by atoms with van der Waals surface area (Å²) < 4.78 is 18.7. The monoisotopic (exact) mass is 441 g/mol. The van der Waals surface area contributed by atoms with Crippen LogP contribution in [0.2, 0.25) is 0 Å². The fourth-order valence-corrected chi connectivity index (χ4v) is 2.80. The van der Waals surface area contributed by atoms with E-state index in [1.165, 1.54) is 7.11 Å². The van der Waals surface area contributed by atoms with Crippen molar-refractivity contribution in [1.82, 2.24) is 0 Å². The summed E-state index contributed by atoms with van der Waals surface area (Å²) in [5.74, 6) is 0.704. The van der Waals surface area contributed by atoms with Crippen LogP contribution >= 0.6 is 24.0 Å². The van der Waals surface area contributed by atoms with E-state index < -0.39 is 0 Å². The lowest BCUT2D eigenvalue weighted by atomic mass is 9.76. The Morgan fingerprint density at radius 3 is 2.54 bits per heavy atom. The normalized spacial score (nSPS) is 19.8. The Morgan fingerprint density at radius 2 is 1.92 bits per heavy atom. The number of aliphatic imine (C=N–C) groups is 1. The van der Waals surface area contributed by atoms with Crippen molar-refractivity contribution in [2.45, 2.75) is 24.8 Å². The molecule has 24 heavy (non-hydrogen) atoms. The molecule has 0 amide bonds. The quantitative estimate of drug-likeness (QED) is 0.426. The number of hydrogen-bond donors (Lipinski definition) is 2. The fourth-order valence-electron chi connectivity index (χ4n) is 2.80. The van der Waals surface area contributed by atoms with Crippen molar-refractivity contribution in [2.24, 2.45) is 10.7 Å². The van der Waals surface area contributed by atoms with Crippen molar-refractivity contribution in [1.29, 1.82) is 0 Å². The second-order valence-corrected chi connectivity index (χ2v) is 5.72. The third-order valence-corrected chi connectivity index (χ3v) is 4.13. The number of nitrogens with two attached hydrogens (primary N) is 1. The van der Waals surface area contributed by atoms with E-state index in [4.69, 9.17) is 10.5 Å². The minimum atomic E-state index is -0.317. The van der Waals surface area contributed by atoms with Crippen molar-refractivity contribution in [3.05, 3.63) is 59.9 Å². The van der Waals surface area contributed by atoms with Crippen LogP contribution in [-0.2, 0) is 0 Å². The van der Waals surface area contributed by atoms with Gasteiger partial charge in [0, 0.05) is 5.69 Å². The standard InChI is InChI=1S/C18H20FN3O.HI/c1-23-17-8-7-12(11-16(17)19)13-9-15(10-13)22-18(20)21-14-5-3-2-4-6-14;/h2-8,11,13,15H,9-10H2,1H3,(H3,20,21,22);1H. The second kappa shape index (κ2) is 8.32. The highest BCUT2D eigenvalue weighted by molar-refractivity contribution is 14.0. The molecule has 0 unspecified atom stereocenters. The zero-order valence-electron chi connectivity index (χ0n) is 13.4. The van der Waals surface area contributed by atoms with Crippen LogP contribution in [-0.4, -0.2) is 19.1 Å². The molecule has 0 spiro atoms. The number of rotatable bonds is 4. The lowest BCUT2D eigenvalue weighted by Gasteiger charge is -2.33. The summed E-state index contributed by atoms with van der Waals surface area (Å²) in [6, 6.07) is 15.0. The van der Waals surface area contributed by atoms with Gasteiger partial charge in [0.2, 0.25) is 0 Å². The van der Waals surface area contributed by atoms with E-state index in [-0.39, 0.29) is 41.6 Å². The van der Waals surface area contributed by atoms with Crippen molar-refractivity contribution >= 4 is 35.6 Å². The summed E-state index contributed by atoms with van der Waals surface area (Å²) in [7, 11) is 1.47. The highest BCUT2D eigenvalue weighted by Crippen LogP contribution is 2.39. The third kappa shape index (κ3) is 4.37. The van der Waals surface area contributed by atoms with Gasteiger partial charge in [-0.3, -0.25) is 0 Å². The number of anilines is 1. The number of halogens is 2. The molecular weight excluding hydrogens is 420 g/mol. The van der Waals surface area contributed by atoms with Crippen molar-refractivity contribution < 1.29 is 9.13 Å². The molecule has 2 aromatic carbocycles. The molecule has 128 valence electrons. The predicted octanol–water partition coefficient (Wildman–Crippen LogP) is 4.13. The molecule has 0 bridgehead atoms. The Hall–Kier alpha value is -1.83. The molecular formula is C18H21FIN3O. The zero-order chi connectivity index (χ0) is 16.2. The average molecular weight is 441 g/mol. The molecule has 1 aliphatic carbocycles. The van der Waals surface area contributed by atoms with Crippen LogP contribution in [0.25, 0.3) is 0 Å². The summed E-state index contributed by atoms with van der Waals surface area (Å²) >= 11 is 0. The molecule has 1 fully saturated rings. The van der Waals surface area contributed by atoms with Gasteiger partial charge < -0.3 is 15.8 Å². The van der Waals surface area contributed by atoms with E-state index in [1.54, 1.807) is 12.1 Å². The van der Waals surface area contributed by atoms with Gasteiger partial charge in [0.25, 0.3) is 0 Å². The van der Waals surface area contributed by atoms with Gasteiger partial charge in [0.1, 0.15) is 0 Å². The van der Waals surface area contributed by atoms with E-state index in [0.29, 0.717) is 11.9 Å². The second-order valence-electron chi connectivity index (χ2n) is 5.72. The maximum Gasteiger partial charge on any atom is 0.193 e. The smallest absolute Gasteiger partial charge is 0.193 e. The van der Waals surface area contributed by atoms with Crippen LogP contribution in [0.5, 0.6) is 5.75 Å². The number of methoxy groups -OCH3 is 1. The number of benzene rings is 2. The molecule has 0 aromatic heterocycles. The van der Waals surface area contributed by atoms with E-state index in [9.17, 15) is 4.39 Å². The number of nitrogens with one attached hydrogen (secondary N) is 1. The van der Waals surface area contributed by atoms with E-state index in [0.717, 1.165) is 24.1 Å². The van der Waals surface area contributed by atoms with Gasteiger partial charge in [0.05, 0.1) is 13.2 Å². The van der Waals surface area contributed by atoms with Crippen molar-refractivity contribution in [3.8, 4) is 5.75 Å². The lowest BCUT2D eigenvalue weighted by Crippen LogP contribution is -2.31. The summed E-state index contributed by atoms with van der Waals surface area (Å²) in [4.78, 5) is 4.47. The average Bonchev–Trinajstić information content (AvgIpc) is 2.51. The molecule has 2 aromatic rings. The first-order valence-electron chi connectivity index (χ1n) is 7.64. The molecule has 1 saturated carbocycles. The summed E-state index contributed by atoms with van der Waals surface area (Å²) in [5.41, 5.74) is 7.83. The van der Waals surface area contributed by atoms with Gasteiger partial charge in [-0.05, 0) is 48.6 Å². The molecule has 0 heterocycles. The number of ether oxygens (including phenoxy) is 1. The summed E-state index contributed by atoms with van der Waals surface area (Å²) in [5, 5.41) is 3.07. The Morgan fingerprint density at radius 1 is 1.21 bits per heavy atom. The highest BCUT2D eigenvalue weighted by atomic mass is 127. The Labute approximate surface area is 158 Å². The van der Waals surface area contributed by atoms with E-state index in [1.807, 2.05) is 36.4 Å². The first kappa shape index (κ1) is 18.5. The zero-order valence-corrected chi connectivity index (χ0v) is 15.7. The van der Waals surface area contributed by atoms with Crippen molar-refractivity contribution in [3.63, 3.8) is 0 Å². The first-order valence-corrected chi connectivity index (χ1v) is 7.64. The first-order chi connectivity index (χ1) is 11.2. The maximum atomic E-state index is 13.7. The molecule has 1 aliphatic rings. The Balaban J connectivity index is 0.00000208. The van der Waals surface area contributed by atoms with Crippen LogP contribution in [0.15, 0.2) is 53.5 Å². The van der Waals surface area contributed by atoms with Crippen LogP contribution in [0, 0.1) is 5.82 Å². The summed E-state index contributed by atoms with van der Waals surface area (Å²) in [6.07, 6.45) is 1.76. The van der Waals surface area contributed by atoms with Crippen LogP contribution in [0.1, 0.15) is 24.3 Å². The minimum Gasteiger partial charge on any atom is -0.494 e. The lowest BCUT2D eigenvalue weighted by molar-refractivity contribution is 0.349. The van der Waals surface area contributed by atoms with Crippen LogP contribution < -0.4 is 15.8 Å². The summed E-state index contributed by atoms with van der Waals surface area (Å²) in [6.45, 7) is 0. The maximum absolute atomic E-state index is 13.7. The molecule has 0 saturated heterocycles. The van der Waals surface area contributed by atoms with E-state index in [2.05, 4.69) is 10.3 Å². The molecule has 0 aliphatic heterocycles. The van der Waals surface area contributed by atoms with Gasteiger partial charge in [-0.1, -0.05) is 24.3 Å². The molecule has 0 atom stereocenters. The Kier molecular flexibility index (Phi) is 6.42. The minimum absolute atomic E-state index is 0. The predicted molar refractivity (Wildman–Crippen MR) is 106 cm³/mol. The third-order valence-electron chi connectivity index (χ3n) is 4.13. The number of nitrogens with zero attached hydrogens (tertiary/aromatic N) is 1. The number of guanidine groups is 1. The van der Waals surface area contributed by atoms with Gasteiger partial charge in [0.15, 0.2) is 17.5 Å². The van der Waals surface area contributed by atoms with Crippen LogP contribution in [0.4, 0.5) is 10.1 Å². The van der Waals surface area contributed by atoms with Crippen LogP contribution in [0.3, 0.4) is 0 Å². The largest absolute Gasteiger partial charge is 0.494 e. The number of hydrogen-bond acceptors (Lipinski definition) is 2. The van der Waals surface area contributed by atoms with Crippen molar-refractivity contribution in [2.75, 3.05) is 12.4 Å².